The lowest BCUT2D eigenvalue weighted by Crippen LogP contribution is -2.12. The number of hydrogen-bond donors (Lipinski definition) is 1. The number of pyridine rings is 1. The molecule has 0 aliphatic heterocycles. The zero-order valence-electron chi connectivity index (χ0n) is 12.8. The van der Waals surface area contributed by atoms with E-state index in [4.69, 9.17) is 5.73 Å². The molecule has 1 heterocycles. The Labute approximate surface area is 138 Å². The highest BCUT2D eigenvalue weighted by Gasteiger charge is 2.24. The summed E-state index contributed by atoms with van der Waals surface area (Å²) < 4.78 is 0. The van der Waals surface area contributed by atoms with Crippen LogP contribution < -0.4 is 5.73 Å². The first kappa shape index (κ1) is 16.5. The van der Waals surface area contributed by atoms with Gasteiger partial charge in [-0.1, -0.05) is 36.8 Å². The minimum Gasteiger partial charge on any atom is -0.396 e. The van der Waals surface area contributed by atoms with Crippen molar-refractivity contribution in [3.05, 3.63) is 52.2 Å². The van der Waals surface area contributed by atoms with Gasteiger partial charge in [0.15, 0.2) is 11.5 Å². The molecule has 0 unspecified atom stereocenters. The van der Waals surface area contributed by atoms with Crippen molar-refractivity contribution in [2.24, 2.45) is 0 Å². The Morgan fingerprint density at radius 2 is 1.91 bits per heavy atom. The Morgan fingerprint density at radius 3 is 2.43 bits per heavy atom. The van der Waals surface area contributed by atoms with Gasteiger partial charge in [0.1, 0.15) is 17.2 Å². The molecule has 0 radical (unpaired) electrons. The Hall–Kier alpha value is -2.83. The van der Waals surface area contributed by atoms with Gasteiger partial charge in [0, 0.05) is 5.56 Å². The number of nitrogens with zero attached hydrogens (tertiary/aromatic N) is 3. The van der Waals surface area contributed by atoms with E-state index in [1.165, 1.54) is 11.8 Å². The average molecular weight is 322 g/mol. The number of nitrogen functional groups attached to an aromatic ring is 1. The smallest absolute Gasteiger partial charge is 0.196 e. The molecular formula is C17H14N4OS. The van der Waals surface area contributed by atoms with Crippen LogP contribution in [0.25, 0.3) is 0 Å². The number of rotatable bonds is 4. The largest absolute Gasteiger partial charge is 0.396 e. The van der Waals surface area contributed by atoms with Gasteiger partial charge in [-0.25, -0.2) is 4.98 Å². The maximum Gasteiger partial charge on any atom is 0.196 e. The molecule has 23 heavy (non-hydrogen) atoms. The molecule has 2 N–H and O–H groups in total. The fourth-order valence-electron chi connectivity index (χ4n) is 2.09. The molecule has 114 valence electrons. The molecule has 0 atom stereocenters. The maximum absolute atomic E-state index is 12.8. The fraction of sp³-hybridized carbons (Fsp3) is 0.176. The molecule has 5 nitrogen and oxygen atoms in total. The number of carbonyl (C=O) groups excluding carboxylic acids is 1. The molecular weight excluding hydrogens is 308 g/mol. The lowest BCUT2D eigenvalue weighted by molar-refractivity contribution is 0.103. The quantitative estimate of drug-likeness (QED) is 0.685. The van der Waals surface area contributed by atoms with E-state index in [2.05, 4.69) is 4.98 Å². The number of benzene rings is 1. The van der Waals surface area contributed by atoms with Crippen molar-refractivity contribution in [1.82, 2.24) is 4.98 Å². The topological polar surface area (TPSA) is 104 Å². The maximum atomic E-state index is 12.8. The van der Waals surface area contributed by atoms with Crippen molar-refractivity contribution in [1.29, 1.82) is 10.5 Å². The van der Waals surface area contributed by atoms with Gasteiger partial charge in [0.25, 0.3) is 0 Å². The second-order valence-electron chi connectivity index (χ2n) is 4.78. The summed E-state index contributed by atoms with van der Waals surface area (Å²) in [7, 11) is 0. The van der Waals surface area contributed by atoms with Crippen LogP contribution in [0.1, 0.15) is 39.7 Å². The minimum atomic E-state index is -0.379. The third-order valence-corrected chi connectivity index (χ3v) is 4.10. The second-order valence-corrected chi connectivity index (χ2v) is 6.03. The van der Waals surface area contributed by atoms with Crippen LogP contribution in [0.4, 0.5) is 5.69 Å². The molecule has 0 bridgehead atoms. The van der Waals surface area contributed by atoms with E-state index in [9.17, 15) is 15.3 Å². The molecule has 6 heteroatoms. The Kier molecular flexibility index (Phi) is 5.00. The van der Waals surface area contributed by atoms with E-state index in [0.717, 1.165) is 5.56 Å². The number of aromatic nitrogens is 1. The van der Waals surface area contributed by atoms with Gasteiger partial charge < -0.3 is 5.73 Å². The number of carbonyl (C=O) groups is 1. The highest BCUT2D eigenvalue weighted by atomic mass is 32.2. The average Bonchev–Trinajstić information content (AvgIpc) is 2.56. The monoisotopic (exact) mass is 322 g/mol. The molecule has 0 saturated carbocycles. The lowest BCUT2D eigenvalue weighted by atomic mass is 9.97. The van der Waals surface area contributed by atoms with Gasteiger partial charge in [-0.05, 0) is 12.7 Å². The molecule has 0 spiro atoms. The number of ketones is 1. The van der Waals surface area contributed by atoms with Crippen LogP contribution in [0, 0.1) is 29.6 Å². The zero-order valence-corrected chi connectivity index (χ0v) is 13.6. The predicted molar refractivity (Wildman–Crippen MR) is 89.1 cm³/mol. The van der Waals surface area contributed by atoms with Gasteiger partial charge in [-0.3, -0.25) is 4.79 Å². The summed E-state index contributed by atoms with van der Waals surface area (Å²) >= 11 is 1.30. The highest BCUT2D eigenvalue weighted by Crippen LogP contribution is 2.30. The third kappa shape index (κ3) is 3.18. The van der Waals surface area contributed by atoms with Crippen LogP contribution in [0.3, 0.4) is 0 Å². The van der Waals surface area contributed by atoms with E-state index < -0.39 is 0 Å². The Balaban J connectivity index is 2.71. The van der Waals surface area contributed by atoms with Crippen molar-refractivity contribution in [3.8, 4) is 12.1 Å². The summed E-state index contributed by atoms with van der Waals surface area (Å²) in [5.41, 5.74) is 7.47. The summed E-state index contributed by atoms with van der Waals surface area (Å²) in [5, 5.41) is 19.0. The Bertz CT molecular complexity index is 845. The molecule has 2 rings (SSSR count). The number of anilines is 1. The number of thioether (sulfide) groups is 1. The van der Waals surface area contributed by atoms with Crippen LogP contribution >= 0.6 is 11.8 Å². The predicted octanol–water partition coefficient (Wildman–Crippen LogP) is 3.06. The number of hydrogen-bond acceptors (Lipinski definition) is 6. The standard InChI is InChI=1S/C17H14N4OS/c1-3-23-17-12(8-18)14(15(20)13(9-19)21-17)16(22)11-6-4-10(2)5-7-11/h4-7H,3,20H2,1-2H3. The Morgan fingerprint density at radius 1 is 1.26 bits per heavy atom. The lowest BCUT2D eigenvalue weighted by Gasteiger charge is -2.12. The van der Waals surface area contributed by atoms with E-state index in [1.54, 1.807) is 12.1 Å². The highest BCUT2D eigenvalue weighted by molar-refractivity contribution is 7.99. The van der Waals surface area contributed by atoms with E-state index in [-0.39, 0.29) is 28.3 Å². The SMILES string of the molecule is CCSc1nc(C#N)c(N)c(C(=O)c2ccc(C)cc2)c1C#N. The molecule has 2 aromatic rings. The van der Waals surface area contributed by atoms with Gasteiger partial charge in [-0.15, -0.1) is 11.8 Å². The number of aryl methyl sites for hydroxylation is 1. The molecule has 0 aliphatic carbocycles. The van der Waals surface area contributed by atoms with Gasteiger partial charge in [0.2, 0.25) is 0 Å². The van der Waals surface area contributed by atoms with Crippen LogP contribution in [0.2, 0.25) is 0 Å². The normalized spacial score (nSPS) is 9.91. The van der Waals surface area contributed by atoms with Crippen LogP contribution in [-0.2, 0) is 0 Å². The number of nitrogens with two attached hydrogens (primary N) is 1. The number of nitriles is 2. The molecule has 0 amide bonds. The van der Waals surface area contributed by atoms with Gasteiger partial charge >= 0.3 is 0 Å². The summed E-state index contributed by atoms with van der Waals surface area (Å²) in [6.07, 6.45) is 0. The molecule has 0 aliphatic rings. The molecule has 0 saturated heterocycles. The summed E-state index contributed by atoms with van der Waals surface area (Å²) in [6, 6.07) is 10.9. The van der Waals surface area contributed by atoms with Gasteiger partial charge in [0.05, 0.1) is 16.8 Å². The van der Waals surface area contributed by atoms with Crippen molar-refractivity contribution in [2.75, 3.05) is 11.5 Å². The van der Waals surface area contributed by atoms with Crippen LogP contribution in [-0.4, -0.2) is 16.5 Å². The zero-order chi connectivity index (χ0) is 17.0. The third-order valence-electron chi connectivity index (χ3n) is 3.24. The first-order chi connectivity index (χ1) is 11.0. The van der Waals surface area contributed by atoms with Gasteiger partial charge in [-0.2, -0.15) is 10.5 Å². The molecule has 0 fully saturated rings. The van der Waals surface area contributed by atoms with E-state index >= 15 is 0 Å². The minimum absolute atomic E-state index is 0.0320. The van der Waals surface area contributed by atoms with Crippen LogP contribution in [0.15, 0.2) is 29.3 Å². The van der Waals surface area contributed by atoms with E-state index in [1.807, 2.05) is 38.1 Å². The molecule has 1 aromatic heterocycles. The summed E-state index contributed by atoms with van der Waals surface area (Å²) in [4.78, 5) is 16.9. The first-order valence-electron chi connectivity index (χ1n) is 6.91. The van der Waals surface area contributed by atoms with Crippen molar-refractivity contribution >= 4 is 23.2 Å². The van der Waals surface area contributed by atoms with Crippen LogP contribution in [0.5, 0.6) is 0 Å². The van der Waals surface area contributed by atoms with Crippen molar-refractivity contribution < 1.29 is 4.79 Å². The van der Waals surface area contributed by atoms with E-state index in [0.29, 0.717) is 16.3 Å². The summed E-state index contributed by atoms with van der Waals surface area (Å²) in [6.45, 7) is 3.82. The first-order valence-corrected chi connectivity index (χ1v) is 7.89. The molecule has 1 aromatic carbocycles. The fourth-order valence-corrected chi connectivity index (χ4v) is 2.81. The van der Waals surface area contributed by atoms with Crippen molar-refractivity contribution in [3.63, 3.8) is 0 Å². The summed E-state index contributed by atoms with van der Waals surface area (Å²) in [5.74, 6) is 0.283. The second kappa shape index (κ2) is 6.95. The van der Waals surface area contributed by atoms with Crippen molar-refractivity contribution in [2.45, 2.75) is 18.9 Å².